The highest BCUT2D eigenvalue weighted by molar-refractivity contribution is 6.05. The predicted molar refractivity (Wildman–Crippen MR) is 191 cm³/mol. The summed E-state index contributed by atoms with van der Waals surface area (Å²) in [5, 5.41) is 13.8. The summed E-state index contributed by atoms with van der Waals surface area (Å²) in [7, 11) is 0. The molecule has 7 atom stereocenters. The van der Waals surface area contributed by atoms with Gasteiger partial charge in [-0.1, -0.05) is 74.5 Å². The first-order chi connectivity index (χ1) is 24.0. The van der Waals surface area contributed by atoms with Gasteiger partial charge in [-0.25, -0.2) is 0 Å². The van der Waals surface area contributed by atoms with Crippen LogP contribution >= 0.6 is 0 Å². The van der Waals surface area contributed by atoms with Crippen LogP contribution in [0.25, 0.3) is 0 Å². The van der Waals surface area contributed by atoms with Crippen molar-refractivity contribution in [3.8, 4) is 0 Å². The fraction of sp³-hybridized carbons (Fsp3) is 0.500. The van der Waals surface area contributed by atoms with Gasteiger partial charge in [0.15, 0.2) is 0 Å². The lowest BCUT2D eigenvalue weighted by molar-refractivity contribution is -0.146. The number of allylic oxidation sites excluding steroid dienone is 1. The Balaban J connectivity index is 1.52. The van der Waals surface area contributed by atoms with E-state index < -0.39 is 53.5 Å². The minimum absolute atomic E-state index is 0.0891. The monoisotopic (exact) mass is 685 g/mol. The van der Waals surface area contributed by atoms with Crippen molar-refractivity contribution < 1.29 is 33.8 Å². The fourth-order valence-corrected chi connectivity index (χ4v) is 8.33. The van der Waals surface area contributed by atoms with E-state index in [0.717, 1.165) is 22.4 Å². The van der Waals surface area contributed by atoms with Gasteiger partial charge in [-0.3, -0.25) is 19.2 Å². The van der Waals surface area contributed by atoms with Gasteiger partial charge >= 0.3 is 5.97 Å². The maximum absolute atomic E-state index is 15.1. The van der Waals surface area contributed by atoms with Gasteiger partial charge in [0.2, 0.25) is 11.8 Å². The zero-order valence-corrected chi connectivity index (χ0v) is 29.7. The molecule has 10 nitrogen and oxygen atoms in total. The number of carbonyl (C=O) groups is 4. The number of aryl methyl sites for hydroxylation is 2. The Morgan fingerprint density at radius 3 is 2.42 bits per heavy atom. The lowest BCUT2D eigenvalue weighted by Gasteiger charge is -2.40. The molecule has 10 heteroatoms. The Hall–Kier alpha value is -4.28. The molecule has 2 aromatic rings. The third-order valence-corrected chi connectivity index (χ3v) is 10.4. The predicted octanol–water partition coefficient (Wildman–Crippen LogP) is 4.97. The highest BCUT2D eigenvalue weighted by atomic mass is 16.5. The molecule has 0 radical (unpaired) electrons. The Kier molecular flexibility index (Phi) is 11.6. The van der Waals surface area contributed by atoms with Crippen molar-refractivity contribution in [1.82, 2.24) is 10.2 Å². The molecule has 268 valence electrons. The first-order valence-corrected chi connectivity index (χ1v) is 17.7. The number of benzene rings is 2. The van der Waals surface area contributed by atoms with E-state index in [2.05, 4.69) is 18.5 Å². The minimum atomic E-state index is -1.26. The number of esters is 1. The number of hydrogen-bond acceptors (Lipinski definition) is 7. The molecule has 2 bridgehead atoms. The normalized spacial score (nSPS) is 24.8. The van der Waals surface area contributed by atoms with Crippen molar-refractivity contribution in [2.24, 2.45) is 17.8 Å². The fourth-order valence-electron chi connectivity index (χ4n) is 8.33. The van der Waals surface area contributed by atoms with E-state index in [1.165, 1.54) is 4.90 Å². The van der Waals surface area contributed by atoms with E-state index in [-0.39, 0.29) is 43.9 Å². The Morgan fingerprint density at radius 1 is 1.10 bits per heavy atom. The van der Waals surface area contributed by atoms with Crippen LogP contribution in [-0.2, 0) is 28.7 Å². The summed E-state index contributed by atoms with van der Waals surface area (Å²) in [6.45, 7) is 15.3. The summed E-state index contributed by atoms with van der Waals surface area (Å²) in [5.74, 6) is -3.20. The molecule has 2 aromatic carbocycles. The van der Waals surface area contributed by atoms with Gasteiger partial charge < -0.3 is 29.7 Å². The second-order valence-electron chi connectivity index (χ2n) is 14.2. The van der Waals surface area contributed by atoms with E-state index >= 15 is 4.79 Å². The minimum Gasteiger partial charge on any atom is -0.463 e. The van der Waals surface area contributed by atoms with Gasteiger partial charge in [-0.05, 0) is 62.1 Å². The third-order valence-electron chi connectivity index (χ3n) is 10.4. The number of likely N-dealkylation sites (tertiary alicyclic amines) is 1. The molecule has 1 spiro atoms. The average molecular weight is 686 g/mol. The lowest BCUT2D eigenvalue weighted by Crippen LogP contribution is -2.59. The van der Waals surface area contributed by atoms with Crippen LogP contribution in [0.5, 0.6) is 0 Å². The zero-order chi connectivity index (χ0) is 36.2. The van der Waals surface area contributed by atoms with Gasteiger partial charge in [0.1, 0.15) is 18.2 Å². The van der Waals surface area contributed by atoms with Crippen molar-refractivity contribution in [1.29, 1.82) is 0 Å². The van der Waals surface area contributed by atoms with Crippen LogP contribution in [0.1, 0.15) is 68.7 Å². The topological polar surface area (TPSA) is 125 Å². The molecule has 3 amide bonds. The molecule has 3 saturated heterocycles. The maximum Gasteiger partial charge on any atom is 0.306 e. The molecular formula is C40H51N3O7. The van der Waals surface area contributed by atoms with Crippen molar-refractivity contribution in [3.63, 3.8) is 0 Å². The molecule has 3 heterocycles. The van der Waals surface area contributed by atoms with Crippen LogP contribution in [0.15, 0.2) is 73.8 Å². The molecule has 3 aliphatic rings. The quantitative estimate of drug-likeness (QED) is 0.189. The van der Waals surface area contributed by atoms with Crippen molar-refractivity contribution >= 4 is 29.4 Å². The molecule has 2 N–H and O–H groups in total. The van der Waals surface area contributed by atoms with Crippen molar-refractivity contribution in [2.75, 3.05) is 24.7 Å². The van der Waals surface area contributed by atoms with Crippen LogP contribution < -0.4 is 10.2 Å². The van der Waals surface area contributed by atoms with Crippen LogP contribution in [0, 0.1) is 31.6 Å². The number of nitrogens with one attached hydrogen (secondary N) is 1. The van der Waals surface area contributed by atoms with E-state index in [9.17, 15) is 19.5 Å². The number of nitrogens with zero attached hydrogens (tertiary/aromatic N) is 2. The lowest BCUT2D eigenvalue weighted by atomic mass is 9.70. The molecule has 0 saturated carbocycles. The molecule has 0 aliphatic carbocycles. The van der Waals surface area contributed by atoms with Crippen LogP contribution in [0.3, 0.4) is 0 Å². The SMILES string of the molecule is C=CCCC(=O)OC[C@H](NC(=O)[C@@H]1[C@H]2C(=O)N([C@@H](CO)CC(C)C)[C@H](C(=O)N(CC=C)c3c(C)cccc3C)[C@]23CC[C@H]1O3)c1ccccc1. The van der Waals surface area contributed by atoms with Crippen molar-refractivity contribution in [2.45, 2.75) is 89.6 Å². The number of hydrogen-bond donors (Lipinski definition) is 2. The number of fused-ring (bicyclic) bond motifs is 1. The molecule has 50 heavy (non-hydrogen) atoms. The van der Waals surface area contributed by atoms with E-state index in [0.29, 0.717) is 25.7 Å². The number of rotatable bonds is 16. The smallest absolute Gasteiger partial charge is 0.306 e. The van der Waals surface area contributed by atoms with Crippen molar-refractivity contribution in [3.05, 3.63) is 90.5 Å². The number of aliphatic hydroxyl groups is 1. The van der Waals surface area contributed by atoms with Crippen LogP contribution in [0.4, 0.5) is 5.69 Å². The average Bonchev–Trinajstić information content (AvgIpc) is 3.74. The zero-order valence-electron chi connectivity index (χ0n) is 29.7. The highest BCUT2D eigenvalue weighted by Gasteiger charge is 2.75. The summed E-state index contributed by atoms with van der Waals surface area (Å²) in [5.41, 5.74) is 2.02. The van der Waals surface area contributed by atoms with Gasteiger partial charge in [0.05, 0.1) is 36.6 Å². The standard InChI is InChI=1S/C40H51N3O7/c1-7-9-18-32(45)49-24-30(28-16-11-10-12-17-28)41-37(46)33-31-19-20-40(50-31)34(33)38(47)43(29(23-44)22-25(3)4)36(40)39(48)42(21-8-2)35-26(5)14-13-15-27(35)6/h7-8,10-17,25,29-31,33-34,36,44H,1-2,9,18-24H2,3-6H3,(H,41,46)/t29-,30+,31-,33+,34+,36-,40+/m1/s1. The van der Waals surface area contributed by atoms with Gasteiger partial charge in [0, 0.05) is 18.7 Å². The molecule has 0 unspecified atom stereocenters. The van der Waals surface area contributed by atoms with Gasteiger partial charge in [-0.2, -0.15) is 0 Å². The first-order valence-electron chi connectivity index (χ1n) is 17.7. The summed E-state index contributed by atoms with van der Waals surface area (Å²) in [6, 6.07) is 12.7. The number of anilines is 1. The Morgan fingerprint density at radius 2 is 1.80 bits per heavy atom. The largest absolute Gasteiger partial charge is 0.463 e. The summed E-state index contributed by atoms with van der Waals surface area (Å²) < 4.78 is 12.3. The number of para-hydroxylation sites is 1. The van der Waals surface area contributed by atoms with Gasteiger partial charge in [-0.15, -0.1) is 13.2 Å². The number of aliphatic hydroxyl groups excluding tert-OH is 1. The van der Waals surface area contributed by atoms with E-state index in [1.807, 2.05) is 76.2 Å². The maximum atomic E-state index is 15.1. The van der Waals surface area contributed by atoms with Crippen LogP contribution in [-0.4, -0.2) is 77.2 Å². The Labute approximate surface area is 295 Å². The van der Waals surface area contributed by atoms with Crippen LogP contribution in [0.2, 0.25) is 0 Å². The number of ether oxygens (including phenoxy) is 2. The second-order valence-corrected chi connectivity index (χ2v) is 14.2. The van der Waals surface area contributed by atoms with E-state index in [1.54, 1.807) is 17.1 Å². The molecule has 3 aliphatic heterocycles. The summed E-state index contributed by atoms with van der Waals surface area (Å²) >= 11 is 0. The second kappa shape index (κ2) is 15.7. The number of carbonyl (C=O) groups excluding carboxylic acids is 4. The Bertz CT molecular complexity index is 1570. The third kappa shape index (κ3) is 7.01. The number of amides is 3. The van der Waals surface area contributed by atoms with Gasteiger partial charge in [0.25, 0.3) is 5.91 Å². The first kappa shape index (κ1) is 37.0. The highest BCUT2D eigenvalue weighted by Crippen LogP contribution is 2.59. The molecule has 0 aromatic heterocycles. The van der Waals surface area contributed by atoms with E-state index in [4.69, 9.17) is 9.47 Å². The molecular weight excluding hydrogens is 634 g/mol. The summed E-state index contributed by atoms with van der Waals surface area (Å²) in [4.78, 5) is 59.9. The molecule has 5 rings (SSSR count). The summed E-state index contributed by atoms with van der Waals surface area (Å²) in [6.07, 6.45) is 4.75. The molecule has 3 fully saturated rings.